The lowest BCUT2D eigenvalue weighted by Crippen LogP contribution is -2.10. The Morgan fingerprint density at radius 2 is 1.95 bits per heavy atom. The lowest BCUT2D eigenvalue weighted by Gasteiger charge is -2.06. The summed E-state index contributed by atoms with van der Waals surface area (Å²) in [6.07, 6.45) is 0. The molecule has 1 aromatic carbocycles. The Bertz CT molecular complexity index is 542. The molecule has 0 spiro atoms. The monoisotopic (exact) mass is 315 g/mol. The predicted molar refractivity (Wildman–Crippen MR) is 82.5 cm³/mol. The molecule has 0 atom stereocenters. The van der Waals surface area contributed by atoms with E-state index in [2.05, 4.69) is 24.4 Å². The van der Waals surface area contributed by atoms with Crippen molar-refractivity contribution in [3.8, 4) is 5.75 Å². The number of nitrogens with one attached hydrogen (secondary N) is 1. The number of ether oxygens (including phenoxy) is 1. The molecule has 2 rings (SSSR count). The predicted octanol–water partition coefficient (Wildman–Crippen LogP) is 4.74. The van der Waals surface area contributed by atoms with E-state index in [4.69, 9.17) is 27.9 Å². The molecule has 0 aliphatic carbocycles. The van der Waals surface area contributed by atoms with Crippen molar-refractivity contribution < 1.29 is 4.74 Å². The molecule has 2 aromatic rings. The number of rotatable bonds is 6. The molecule has 0 bridgehead atoms. The van der Waals surface area contributed by atoms with E-state index in [9.17, 15) is 0 Å². The molecule has 0 aliphatic heterocycles. The fraction of sp³-hybridized carbons (Fsp3) is 0.286. The van der Waals surface area contributed by atoms with Crippen molar-refractivity contribution >= 4 is 34.5 Å². The maximum Gasteiger partial charge on any atom is 0.138 e. The van der Waals surface area contributed by atoms with Gasteiger partial charge in [-0.15, -0.1) is 11.3 Å². The highest BCUT2D eigenvalue weighted by Crippen LogP contribution is 2.28. The summed E-state index contributed by atoms with van der Waals surface area (Å²) in [7, 11) is 0. The molecule has 0 saturated carbocycles. The Labute approximate surface area is 127 Å². The number of hydrogen-bond donors (Lipinski definition) is 1. The SMILES string of the molecule is CCNCc1ccc(COc2ccc(Cl)cc2Cl)s1. The average Bonchev–Trinajstić information content (AvgIpc) is 2.83. The minimum absolute atomic E-state index is 0.526. The lowest BCUT2D eigenvalue weighted by atomic mass is 10.3. The first-order valence-electron chi connectivity index (χ1n) is 6.05. The fourth-order valence-corrected chi connectivity index (χ4v) is 2.95. The van der Waals surface area contributed by atoms with Crippen molar-refractivity contribution in [2.24, 2.45) is 0 Å². The summed E-state index contributed by atoms with van der Waals surface area (Å²) in [6, 6.07) is 9.45. The van der Waals surface area contributed by atoms with Crippen molar-refractivity contribution in [1.82, 2.24) is 5.32 Å². The Balaban J connectivity index is 1.92. The van der Waals surface area contributed by atoms with Crippen LogP contribution in [0.4, 0.5) is 0 Å². The summed E-state index contributed by atoms with van der Waals surface area (Å²) in [5.74, 6) is 0.660. The van der Waals surface area contributed by atoms with Gasteiger partial charge in [-0.05, 0) is 36.9 Å². The maximum absolute atomic E-state index is 6.05. The lowest BCUT2D eigenvalue weighted by molar-refractivity contribution is 0.310. The molecule has 19 heavy (non-hydrogen) atoms. The van der Waals surface area contributed by atoms with Gasteiger partial charge in [-0.25, -0.2) is 0 Å². The van der Waals surface area contributed by atoms with Crippen LogP contribution in [0.2, 0.25) is 10.0 Å². The zero-order valence-electron chi connectivity index (χ0n) is 10.6. The van der Waals surface area contributed by atoms with Crippen LogP contribution >= 0.6 is 34.5 Å². The van der Waals surface area contributed by atoms with Crippen molar-refractivity contribution in [3.63, 3.8) is 0 Å². The number of hydrogen-bond acceptors (Lipinski definition) is 3. The molecular formula is C14H15Cl2NOS. The standard InChI is InChI=1S/C14H15Cl2NOS/c1-2-17-8-11-4-5-12(19-11)9-18-14-6-3-10(15)7-13(14)16/h3-7,17H,2,8-9H2,1H3. The molecule has 1 N–H and O–H groups in total. The second-order valence-electron chi connectivity index (χ2n) is 4.01. The van der Waals surface area contributed by atoms with E-state index in [1.165, 1.54) is 9.75 Å². The van der Waals surface area contributed by atoms with E-state index in [0.717, 1.165) is 13.1 Å². The van der Waals surface area contributed by atoms with Crippen LogP contribution < -0.4 is 10.1 Å². The summed E-state index contributed by atoms with van der Waals surface area (Å²) < 4.78 is 5.70. The van der Waals surface area contributed by atoms with Gasteiger partial charge in [0.15, 0.2) is 0 Å². The van der Waals surface area contributed by atoms with Gasteiger partial charge in [0.05, 0.1) is 5.02 Å². The van der Waals surface area contributed by atoms with Crippen LogP contribution in [-0.2, 0) is 13.2 Å². The molecule has 0 saturated heterocycles. The summed E-state index contributed by atoms with van der Waals surface area (Å²) in [4.78, 5) is 2.49. The first-order valence-corrected chi connectivity index (χ1v) is 7.62. The molecule has 0 unspecified atom stereocenters. The molecule has 0 fully saturated rings. The Morgan fingerprint density at radius 3 is 2.68 bits per heavy atom. The van der Waals surface area contributed by atoms with Gasteiger partial charge < -0.3 is 10.1 Å². The van der Waals surface area contributed by atoms with Crippen molar-refractivity contribution in [3.05, 3.63) is 50.1 Å². The van der Waals surface area contributed by atoms with Gasteiger partial charge in [0.1, 0.15) is 12.4 Å². The topological polar surface area (TPSA) is 21.3 Å². The van der Waals surface area contributed by atoms with E-state index in [0.29, 0.717) is 22.4 Å². The second-order valence-corrected chi connectivity index (χ2v) is 6.11. The van der Waals surface area contributed by atoms with Gasteiger partial charge in [-0.2, -0.15) is 0 Å². The van der Waals surface area contributed by atoms with Crippen LogP contribution in [0.5, 0.6) is 5.75 Å². The highest BCUT2D eigenvalue weighted by molar-refractivity contribution is 7.11. The van der Waals surface area contributed by atoms with Crippen molar-refractivity contribution in [2.45, 2.75) is 20.1 Å². The van der Waals surface area contributed by atoms with Gasteiger partial charge in [0.25, 0.3) is 0 Å². The normalized spacial score (nSPS) is 10.7. The molecule has 0 amide bonds. The summed E-state index contributed by atoms with van der Waals surface area (Å²) in [6.45, 7) is 4.51. The molecule has 1 heterocycles. The van der Waals surface area contributed by atoms with Crippen molar-refractivity contribution in [2.75, 3.05) is 6.54 Å². The molecule has 0 aliphatic rings. The highest BCUT2D eigenvalue weighted by atomic mass is 35.5. The zero-order chi connectivity index (χ0) is 13.7. The van der Waals surface area contributed by atoms with Gasteiger partial charge >= 0.3 is 0 Å². The third-order valence-electron chi connectivity index (χ3n) is 2.53. The van der Waals surface area contributed by atoms with Gasteiger partial charge in [-0.1, -0.05) is 30.1 Å². The molecule has 0 radical (unpaired) electrons. The summed E-state index contributed by atoms with van der Waals surface area (Å²) >= 11 is 13.6. The Morgan fingerprint density at radius 1 is 1.16 bits per heavy atom. The number of halogens is 2. The second kappa shape index (κ2) is 7.15. The number of thiophene rings is 1. The van der Waals surface area contributed by atoms with Crippen LogP contribution in [0.15, 0.2) is 30.3 Å². The van der Waals surface area contributed by atoms with E-state index < -0.39 is 0 Å². The third-order valence-corrected chi connectivity index (χ3v) is 4.12. The number of benzene rings is 1. The first-order chi connectivity index (χ1) is 9.19. The van der Waals surface area contributed by atoms with E-state index >= 15 is 0 Å². The largest absolute Gasteiger partial charge is 0.487 e. The van der Waals surface area contributed by atoms with Crippen LogP contribution in [0, 0.1) is 0 Å². The Kier molecular flexibility index (Phi) is 5.52. The minimum Gasteiger partial charge on any atom is -0.487 e. The van der Waals surface area contributed by atoms with Crippen LogP contribution in [0.1, 0.15) is 16.7 Å². The maximum atomic E-state index is 6.05. The Hall–Kier alpha value is -0.740. The van der Waals surface area contributed by atoms with Crippen LogP contribution in [0.3, 0.4) is 0 Å². The average molecular weight is 316 g/mol. The highest BCUT2D eigenvalue weighted by Gasteiger charge is 2.04. The van der Waals surface area contributed by atoms with Gasteiger partial charge in [0, 0.05) is 21.3 Å². The van der Waals surface area contributed by atoms with E-state index in [1.54, 1.807) is 29.5 Å². The van der Waals surface area contributed by atoms with E-state index in [1.807, 2.05) is 0 Å². The fourth-order valence-electron chi connectivity index (χ4n) is 1.58. The molecule has 1 aromatic heterocycles. The molecular weight excluding hydrogens is 301 g/mol. The van der Waals surface area contributed by atoms with Crippen LogP contribution in [0.25, 0.3) is 0 Å². The van der Waals surface area contributed by atoms with Gasteiger partial charge in [0.2, 0.25) is 0 Å². The quantitative estimate of drug-likeness (QED) is 0.831. The molecule has 5 heteroatoms. The molecule has 102 valence electrons. The third kappa shape index (κ3) is 4.39. The zero-order valence-corrected chi connectivity index (χ0v) is 12.9. The minimum atomic E-state index is 0.526. The van der Waals surface area contributed by atoms with Gasteiger partial charge in [-0.3, -0.25) is 0 Å². The van der Waals surface area contributed by atoms with Crippen LogP contribution in [-0.4, -0.2) is 6.54 Å². The van der Waals surface area contributed by atoms with E-state index in [-0.39, 0.29) is 0 Å². The van der Waals surface area contributed by atoms with Crippen molar-refractivity contribution in [1.29, 1.82) is 0 Å². The smallest absolute Gasteiger partial charge is 0.138 e. The summed E-state index contributed by atoms with van der Waals surface area (Å²) in [5, 5.41) is 4.45. The summed E-state index contributed by atoms with van der Waals surface area (Å²) in [5.41, 5.74) is 0. The molecule has 2 nitrogen and oxygen atoms in total. The first kappa shape index (κ1) is 14.7.